The van der Waals surface area contributed by atoms with E-state index < -0.39 is 5.97 Å². The number of fused-ring (bicyclic) bond motifs is 3. The van der Waals surface area contributed by atoms with Crippen LogP contribution in [-0.4, -0.2) is 23.2 Å². The van der Waals surface area contributed by atoms with E-state index in [1.165, 1.54) is 7.11 Å². The van der Waals surface area contributed by atoms with Gasteiger partial charge in [-0.05, 0) is 18.6 Å². The fourth-order valence-electron chi connectivity index (χ4n) is 2.15. The molecule has 0 aliphatic heterocycles. The Labute approximate surface area is 123 Å². The number of hydrogen-bond acceptors (Lipinski definition) is 5. The van der Waals surface area contributed by atoms with Crippen LogP contribution in [-0.2, 0) is 4.74 Å². The maximum absolute atomic E-state index is 11.7. The molecule has 3 aromatic rings. The first-order valence-electron chi connectivity index (χ1n) is 5.82. The van der Waals surface area contributed by atoms with E-state index in [-0.39, 0.29) is 10.6 Å². The van der Waals surface area contributed by atoms with Crippen LogP contribution in [0.4, 0.5) is 0 Å². The summed E-state index contributed by atoms with van der Waals surface area (Å²) in [5, 5.41) is 11.9. The summed E-state index contributed by atoms with van der Waals surface area (Å²) in [4.78, 5) is 16.2. The van der Waals surface area contributed by atoms with Crippen LogP contribution in [0.15, 0.2) is 18.3 Å². The number of nitrogens with zero attached hydrogens (tertiary/aromatic N) is 1. The molecule has 4 nitrogen and oxygen atoms in total. The number of esters is 1. The maximum atomic E-state index is 11.7. The highest BCUT2D eigenvalue weighted by Gasteiger charge is 2.21. The summed E-state index contributed by atoms with van der Waals surface area (Å²) in [5.41, 5.74) is 1.75. The number of carbonyl (C=O) groups is 1. The predicted molar refractivity (Wildman–Crippen MR) is 79.9 cm³/mol. The van der Waals surface area contributed by atoms with Gasteiger partial charge in [-0.2, -0.15) is 0 Å². The zero-order valence-electron chi connectivity index (χ0n) is 10.7. The van der Waals surface area contributed by atoms with Crippen LogP contribution in [0, 0.1) is 6.92 Å². The summed E-state index contributed by atoms with van der Waals surface area (Å²) in [6.45, 7) is 1.94. The summed E-state index contributed by atoms with van der Waals surface area (Å²) < 4.78 is 5.41. The van der Waals surface area contributed by atoms with Crippen molar-refractivity contribution in [2.75, 3.05) is 7.11 Å². The highest BCUT2D eigenvalue weighted by Crippen LogP contribution is 2.42. The van der Waals surface area contributed by atoms with Crippen LogP contribution in [0.1, 0.15) is 15.2 Å². The number of rotatable bonds is 1. The van der Waals surface area contributed by atoms with Gasteiger partial charge in [-0.3, -0.25) is 4.98 Å². The molecule has 0 aliphatic rings. The molecule has 1 aromatic carbocycles. The molecule has 0 saturated heterocycles. The van der Waals surface area contributed by atoms with Gasteiger partial charge in [-0.15, -0.1) is 11.3 Å². The molecule has 20 heavy (non-hydrogen) atoms. The summed E-state index contributed by atoms with van der Waals surface area (Å²) in [7, 11) is 1.28. The zero-order valence-corrected chi connectivity index (χ0v) is 12.3. The summed E-state index contributed by atoms with van der Waals surface area (Å²) in [6.07, 6.45) is 1.55. The molecule has 0 unspecified atom stereocenters. The number of carbonyl (C=O) groups excluding carboxylic acids is 1. The van der Waals surface area contributed by atoms with E-state index in [0.29, 0.717) is 10.4 Å². The van der Waals surface area contributed by atoms with Gasteiger partial charge in [0.15, 0.2) is 4.88 Å². The van der Waals surface area contributed by atoms with Crippen LogP contribution in [0.5, 0.6) is 5.75 Å². The van der Waals surface area contributed by atoms with Gasteiger partial charge in [0, 0.05) is 11.6 Å². The third-order valence-corrected chi connectivity index (χ3v) is 4.68. The van der Waals surface area contributed by atoms with Crippen molar-refractivity contribution >= 4 is 49.9 Å². The number of pyridine rings is 1. The molecule has 3 rings (SSSR count). The predicted octanol–water partition coefficient (Wildman–Crippen LogP) is 3.90. The molecular formula is C14H10ClNO3S. The van der Waals surface area contributed by atoms with Crippen molar-refractivity contribution in [3.8, 4) is 5.75 Å². The highest BCUT2D eigenvalue weighted by atomic mass is 35.5. The van der Waals surface area contributed by atoms with Gasteiger partial charge in [0.2, 0.25) is 0 Å². The van der Waals surface area contributed by atoms with E-state index in [9.17, 15) is 9.90 Å². The fraction of sp³-hybridized carbons (Fsp3) is 0.143. The Morgan fingerprint density at radius 1 is 1.45 bits per heavy atom. The van der Waals surface area contributed by atoms with Crippen molar-refractivity contribution in [2.24, 2.45) is 0 Å². The lowest BCUT2D eigenvalue weighted by Crippen LogP contribution is -1.97. The quantitative estimate of drug-likeness (QED) is 0.693. The molecule has 6 heteroatoms. The van der Waals surface area contributed by atoms with Crippen molar-refractivity contribution in [2.45, 2.75) is 6.92 Å². The van der Waals surface area contributed by atoms with E-state index in [4.69, 9.17) is 11.6 Å². The molecule has 2 aromatic heterocycles. The van der Waals surface area contributed by atoms with Crippen molar-refractivity contribution in [3.05, 3.63) is 33.8 Å². The molecule has 1 N–H and O–H groups in total. The Kier molecular flexibility index (Phi) is 3.03. The monoisotopic (exact) mass is 307 g/mol. The van der Waals surface area contributed by atoms with Gasteiger partial charge < -0.3 is 9.84 Å². The molecule has 0 saturated carbocycles. The largest absolute Gasteiger partial charge is 0.505 e. The fourth-order valence-corrected chi connectivity index (χ4v) is 3.60. The molecule has 0 bridgehead atoms. The Balaban J connectivity index is 2.49. The van der Waals surface area contributed by atoms with E-state index in [2.05, 4.69) is 9.72 Å². The van der Waals surface area contributed by atoms with E-state index in [0.717, 1.165) is 32.5 Å². The minimum atomic E-state index is -0.569. The average molecular weight is 308 g/mol. The van der Waals surface area contributed by atoms with E-state index >= 15 is 0 Å². The van der Waals surface area contributed by atoms with Crippen LogP contribution >= 0.6 is 22.9 Å². The lowest BCUT2D eigenvalue weighted by atomic mass is 10.1. The molecular weight excluding hydrogens is 298 g/mol. The molecule has 0 atom stereocenters. The lowest BCUT2D eigenvalue weighted by molar-refractivity contribution is 0.0603. The first-order chi connectivity index (χ1) is 9.54. The molecule has 2 heterocycles. The average Bonchev–Trinajstić information content (AvgIpc) is 2.79. The smallest absolute Gasteiger partial charge is 0.351 e. The topological polar surface area (TPSA) is 59.4 Å². The number of thiophene rings is 1. The summed E-state index contributed by atoms with van der Waals surface area (Å²) >= 11 is 7.41. The second kappa shape index (κ2) is 4.61. The lowest BCUT2D eigenvalue weighted by Gasteiger charge is -2.04. The number of halogens is 1. The summed E-state index contributed by atoms with van der Waals surface area (Å²) in [6, 6.07) is 3.67. The van der Waals surface area contributed by atoms with Crippen LogP contribution in [0.3, 0.4) is 0 Å². The second-order valence-corrected chi connectivity index (χ2v) is 5.79. The van der Waals surface area contributed by atoms with Gasteiger partial charge in [0.25, 0.3) is 0 Å². The molecule has 102 valence electrons. The Morgan fingerprint density at radius 2 is 2.20 bits per heavy atom. The van der Waals surface area contributed by atoms with E-state index in [1.54, 1.807) is 12.3 Å². The van der Waals surface area contributed by atoms with Crippen molar-refractivity contribution < 1.29 is 14.6 Å². The Bertz CT molecular complexity index is 857. The van der Waals surface area contributed by atoms with Crippen LogP contribution in [0.25, 0.3) is 21.0 Å². The Morgan fingerprint density at radius 3 is 2.90 bits per heavy atom. The van der Waals surface area contributed by atoms with Gasteiger partial charge in [0.1, 0.15) is 5.75 Å². The number of methoxy groups -OCH3 is 1. The molecule has 0 fully saturated rings. The third kappa shape index (κ3) is 1.74. The minimum Gasteiger partial charge on any atom is -0.505 e. The number of benzene rings is 1. The standard InChI is InChI=1S/C14H10ClNO3S/c1-6-3-4-8(15)9-10(6)16-5-7-11(17)13(14(18)19-2)20-12(7)9/h3-5,17H,1-2H3. The highest BCUT2D eigenvalue weighted by molar-refractivity contribution is 7.22. The van der Waals surface area contributed by atoms with Crippen molar-refractivity contribution in [3.63, 3.8) is 0 Å². The van der Waals surface area contributed by atoms with Gasteiger partial charge in [0.05, 0.1) is 27.7 Å². The number of ether oxygens (including phenoxy) is 1. The SMILES string of the molecule is COC(=O)c1sc2c(cnc3c(C)ccc(Cl)c32)c1O. The van der Waals surface area contributed by atoms with Gasteiger partial charge in [-0.25, -0.2) is 4.79 Å². The van der Waals surface area contributed by atoms with E-state index in [1.807, 2.05) is 13.0 Å². The third-order valence-electron chi connectivity index (χ3n) is 3.17. The first kappa shape index (κ1) is 13.1. The van der Waals surface area contributed by atoms with Crippen LogP contribution < -0.4 is 0 Å². The Hall–Kier alpha value is -1.85. The number of aryl methyl sites for hydroxylation is 1. The minimum absolute atomic E-state index is 0.108. The molecule has 0 amide bonds. The first-order valence-corrected chi connectivity index (χ1v) is 7.01. The molecule has 0 aliphatic carbocycles. The van der Waals surface area contributed by atoms with Crippen LogP contribution in [0.2, 0.25) is 5.02 Å². The number of hydrogen-bond donors (Lipinski definition) is 1. The van der Waals surface area contributed by atoms with Gasteiger partial charge >= 0.3 is 5.97 Å². The molecule has 0 spiro atoms. The van der Waals surface area contributed by atoms with Gasteiger partial charge in [-0.1, -0.05) is 17.7 Å². The van der Waals surface area contributed by atoms with Crippen molar-refractivity contribution in [1.29, 1.82) is 0 Å². The normalized spacial score (nSPS) is 11.2. The summed E-state index contributed by atoms with van der Waals surface area (Å²) in [5.74, 6) is -0.676. The second-order valence-electron chi connectivity index (χ2n) is 4.36. The molecule has 0 radical (unpaired) electrons. The zero-order chi connectivity index (χ0) is 14.4. The number of aromatic hydroxyl groups is 1. The number of aromatic nitrogens is 1. The maximum Gasteiger partial charge on any atom is 0.351 e. The van der Waals surface area contributed by atoms with Crippen molar-refractivity contribution in [1.82, 2.24) is 4.98 Å².